The standard InChI is InChI=1S/C25H25F2N3O3/c1-29(16-21-5-4-12-33-21)25(32)22-6-2-3-7-23(22)30-10-8-20(9-11-30)28-24(31)17-13-18(26)15-19(27)14-17/h2-7,12-15,20H,8-11,16H2,1H3,(H,28,31). The van der Waals surface area contributed by atoms with E-state index in [0.717, 1.165) is 23.9 Å². The van der Waals surface area contributed by atoms with E-state index in [2.05, 4.69) is 10.2 Å². The van der Waals surface area contributed by atoms with Crippen molar-refractivity contribution >= 4 is 17.5 Å². The van der Waals surface area contributed by atoms with Crippen LogP contribution in [0.5, 0.6) is 0 Å². The molecule has 1 saturated heterocycles. The lowest BCUT2D eigenvalue weighted by Gasteiger charge is -2.35. The van der Waals surface area contributed by atoms with Gasteiger partial charge in [-0.25, -0.2) is 8.78 Å². The van der Waals surface area contributed by atoms with Crippen LogP contribution in [0.2, 0.25) is 0 Å². The second kappa shape index (κ2) is 9.85. The molecule has 0 radical (unpaired) electrons. The zero-order chi connectivity index (χ0) is 23.4. The van der Waals surface area contributed by atoms with Crippen LogP contribution in [-0.2, 0) is 6.54 Å². The molecule has 3 aromatic rings. The average molecular weight is 453 g/mol. The zero-order valence-electron chi connectivity index (χ0n) is 18.3. The van der Waals surface area contributed by atoms with Gasteiger partial charge in [-0.3, -0.25) is 9.59 Å². The first-order valence-electron chi connectivity index (χ1n) is 10.8. The number of hydrogen-bond acceptors (Lipinski definition) is 4. The van der Waals surface area contributed by atoms with Gasteiger partial charge in [0.15, 0.2) is 0 Å². The summed E-state index contributed by atoms with van der Waals surface area (Å²) >= 11 is 0. The van der Waals surface area contributed by atoms with Gasteiger partial charge in [0.25, 0.3) is 11.8 Å². The van der Waals surface area contributed by atoms with Gasteiger partial charge in [0.05, 0.1) is 18.4 Å². The van der Waals surface area contributed by atoms with Gasteiger partial charge in [-0.15, -0.1) is 0 Å². The van der Waals surface area contributed by atoms with E-state index in [0.29, 0.717) is 43.8 Å². The minimum Gasteiger partial charge on any atom is -0.467 e. The molecule has 1 N–H and O–H groups in total. The number of nitrogens with zero attached hydrogens (tertiary/aromatic N) is 2. The number of halogens is 2. The maximum atomic E-state index is 13.4. The second-order valence-electron chi connectivity index (χ2n) is 8.15. The largest absolute Gasteiger partial charge is 0.467 e. The van der Waals surface area contributed by atoms with Crippen LogP contribution in [0.15, 0.2) is 65.3 Å². The molecule has 172 valence electrons. The van der Waals surface area contributed by atoms with Crippen LogP contribution in [0.1, 0.15) is 39.3 Å². The lowest BCUT2D eigenvalue weighted by atomic mass is 10.0. The summed E-state index contributed by atoms with van der Waals surface area (Å²) in [4.78, 5) is 29.2. The smallest absolute Gasteiger partial charge is 0.256 e. The van der Waals surface area contributed by atoms with Crippen LogP contribution in [-0.4, -0.2) is 42.9 Å². The molecule has 0 bridgehead atoms. The van der Waals surface area contributed by atoms with Gasteiger partial charge >= 0.3 is 0 Å². The molecule has 0 unspecified atom stereocenters. The Morgan fingerprint density at radius 2 is 1.76 bits per heavy atom. The molecule has 0 spiro atoms. The number of furan rings is 1. The lowest BCUT2D eigenvalue weighted by Crippen LogP contribution is -2.45. The van der Waals surface area contributed by atoms with Gasteiger partial charge in [-0.2, -0.15) is 0 Å². The summed E-state index contributed by atoms with van der Waals surface area (Å²) in [6, 6.07) is 13.7. The maximum Gasteiger partial charge on any atom is 0.256 e. The van der Waals surface area contributed by atoms with Gasteiger partial charge < -0.3 is 19.5 Å². The number of carbonyl (C=O) groups is 2. The average Bonchev–Trinajstić information content (AvgIpc) is 3.31. The predicted molar refractivity (Wildman–Crippen MR) is 120 cm³/mol. The normalized spacial score (nSPS) is 14.2. The molecular formula is C25H25F2N3O3. The van der Waals surface area contributed by atoms with Crippen molar-refractivity contribution in [2.45, 2.75) is 25.4 Å². The fraction of sp³-hybridized carbons (Fsp3) is 0.280. The monoisotopic (exact) mass is 453 g/mol. The summed E-state index contributed by atoms with van der Waals surface area (Å²) in [6.07, 6.45) is 2.87. The van der Waals surface area contributed by atoms with Gasteiger partial charge in [-0.05, 0) is 49.2 Å². The number of piperidine rings is 1. The van der Waals surface area contributed by atoms with E-state index in [9.17, 15) is 18.4 Å². The van der Waals surface area contributed by atoms with E-state index in [1.165, 1.54) is 0 Å². The number of anilines is 1. The van der Waals surface area contributed by atoms with Crippen LogP contribution in [0.3, 0.4) is 0 Å². The SMILES string of the molecule is CN(Cc1ccco1)C(=O)c1ccccc1N1CCC(NC(=O)c2cc(F)cc(F)c2)CC1. The molecule has 1 aromatic heterocycles. The molecule has 0 aliphatic carbocycles. The Morgan fingerprint density at radius 3 is 2.42 bits per heavy atom. The molecule has 8 heteroatoms. The van der Waals surface area contributed by atoms with E-state index in [1.54, 1.807) is 24.3 Å². The first-order valence-corrected chi connectivity index (χ1v) is 10.8. The van der Waals surface area contributed by atoms with Crippen molar-refractivity contribution in [3.63, 3.8) is 0 Å². The highest BCUT2D eigenvalue weighted by Gasteiger charge is 2.25. The second-order valence-corrected chi connectivity index (χ2v) is 8.15. The number of carbonyl (C=O) groups excluding carboxylic acids is 2. The molecule has 0 saturated carbocycles. The molecule has 1 aliphatic heterocycles. The minimum absolute atomic E-state index is 0.0366. The highest BCUT2D eigenvalue weighted by Crippen LogP contribution is 2.26. The highest BCUT2D eigenvalue weighted by molar-refractivity contribution is 5.99. The third kappa shape index (κ3) is 5.39. The fourth-order valence-corrected chi connectivity index (χ4v) is 4.06. The molecular weight excluding hydrogens is 428 g/mol. The van der Waals surface area contributed by atoms with E-state index >= 15 is 0 Å². The molecule has 6 nitrogen and oxygen atoms in total. The molecule has 0 atom stereocenters. The Balaban J connectivity index is 1.39. The minimum atomic E-state index is -0.784. The Morgan fingerprint density at radius 1 is 1.06 bits per heavy atom. The summed E-state index contributed by atoms with van der Waals surface area (Å²) in [5, 5.41) is 2.86. The summed E-state index contributed by atoms with van der Waals surface area (Å²) in [5.41, 5.74) is 1.40. The van der Waals surface area contributed by atoms with Crippen LogP contribution in [0.25, 0.3) is 0 Å². The van der Waals surface area contributed by atoms with Crippen molar-refractivity contribution in [1.82, 2.24) is 10.2 Å². The molecule has 2 amide bonds. The van der Waals surface area contributed by atoms with Crippen LogP contribution in [0, 0.1) is 11.6 Å². The Hall–Kier alpha value is -3.68. The van der Waals surface area contributed by atoms with Crippen LogP contribution >= 0.6 is 0 Å². The predicted octanol–water partition coefficient (Wildman–Crippen LogP) is 4.23. The first-order chi connectivity index (χ1) is 15.9. The van der Waals surface area contributed by atoms with Gasteiger partial charge in [-0.1, -0.05) is 12.1 Å². The van der Waals surface area contributed by atoms with Gasteiger partial charge in [0.2, 0.25) is 0 Å². The van der Waals surface area contributed by atoms with Crippen molar-refractivity contribution in [1.29, 1.82) is 0 Å². The van der Waals surface area contributed by atoms with Crippen molar-refractivity contribution in [3.05, 3.63) is 89.4 Å². The summed E-state index contributed by atoms with van der Waals surface area (Å²) in [7, 11) is 1.73. The summed E-state index contributed by atoms with van der Waals surface area (Å²) < 4.78 is 32.2. The van der Waals surface area contributed by atoms with E-state index in [1.807, 2.05) is 30.3 Å². The number of nitrogens with one attached hydrogen (secondary N) is 1. The number of amides is 2. The number of hydrogen-bond donors (Lipinski definition) is 1. The maximum absolute atomic E-state index is 13.4. The van der Waals surface area contributed by atoms with Gasteiger partial charge in [0.1, 0.15) is 17.4 Å². The Kier molecular flexibility index (Phi) is 6.72. The third-order valence-electron chi connectivity index (χ3n) is 5.75. The summed E-state index contributed by atoms with van der Waals surface area (Å²) in [5.74, 6) is -1.47. The summed E-state index contributed by atoms with van der Waals surface area (Å²) in [6.45, 7) is 1.64. The van der Waals surface area contributed by atoms with Crippen LogP contribution < -0.4 is 10.2 Å². The number of benzene rings is 2. The highest BCUT2D eigenvalue weighted by atomic mass is 19.1. The fourth-order valence-electron chi connectivity index (χ4n) is 4.06. The topological polar surface area (TPSA) is 65.8 Å². The third-order valence-corrected chi connectivity index (χ3v) is 5.75. The molecule has 1 aliphatic rings. The zero-order valence-corrected chi connectivity index (χ0v) is 18.3. The quantitative estimate of drug-likeness (QED) is 0.607. The van der Waals surface area contributed by atoms with Crippen molar-refractivity contribution in [2.75, 3.05) is 25.0 Å². The van der Waals surface area contributed by atoms with Crippen molar-refractivity contribution in [2.24, 2.45) is 0 Å². The molecule has 4 rings (SSSR count). The van der Waals surface area contributed by atoms with Crippen molar-refractivity contribution in [3.8, 4) is 0 Å². The Labute approximate surface area is 190 Å². The van der Waals surface area contributed by atoms with E-state index in [4.69, 9.17) is 4.42 Å². The van der Waals surface area contributed by atoms with Gasteiger partial charge in [0, 0.05) is 43.5 Å². The molecule has 2 aromatic carbocycles. The first kappa shape index (κ1) is 22.5. The Bertz CT molecular complexity index is 1110. The molecule has 2 heterocycles. The number of rotatable bonds is 6. The van der Waals surface area contributed by atoms with E-state index in [-0.39, 0.29) is 17.5 Å². The van der Waals surface area contributed by atoms with E-state index < -0.39 is 17.5 Å². The lowest BCUT2D eigenvalue weighted by molar-refractivity contribution is 0.0776. The van der Waals surface area contributed by atoms with Crippen molar-refractivity contribution < 1.29 is 22.8 Å². The van der Waals surface area contributed by atoms with Crippen LogP contribution in [0.4, 0.5) is 14.5 Å². The number of para-hydroxylation sites is 1. The molecule has 1 fully saturated rings. The molecule has 33 heavy (non-hydrogen) atoms.